The number of benzene rings is 2. The Morgan fingerprint density at radius 2 is 1.88 bits per heavy atom. The Bertz CT molecular complexity index is 869. The van der Waals surface area contributed by atoms with Crippen LogP contribution in [-0.4, -0.2) is 20.6 Å². The van der Waals surface area contributed by atoms with Crippen molar-refractivity contribution in [2.24, 2.45) is 0 Å². The van der Waals surface area contributed by atoms with Gasteiger partial charge in [-0.1, -0.05) is 25.1 Å². The van der Waals surface area contributed by atoms with Gasteiger partial charge in [-0.05, 0) is 41.8 Å². The molecule has 0 radical (unpaired) electrons. The minimum Gasteiger partial charge on any atom is -0.481 e. The van der Waals surface area contributed by atoms with Gasteiger partial charge in [-0.15, -0.1) is 0 Å². The van der Waals surface area contributed by atoms with Gasteiger partial charge in [0.2, 0.25) is 0 Å². The van der Waals surface area contributed by atoms with E-state index >= 15 is 0 Å². The number of fused-ring (bicyclic) bond motifs is 1. The summed E-state index contributed by atoms with van der Waals surface area (Å²) in [6, 6.07) is 12.0. The highest BCUT2D eigenvalue weighted by molar-refractivity contribution is 5.79. The molecule has 0 aliphatic heterocycles. The van der Waals surface area contributed by atoms with E-state index in [2.05, 4.69) is 11.5 Å². The number of hydrogen-bond acceptors (Lipinski definition) is 2. The van der Waals surface area contributed by atoms with Crippen molar-refractivity contribution in [1.82, 2.24) is 9.55 Å². The summed E-state index contributed by atoms with van der Waals surface area (Å²) in [5, 5.41) is 8.94. The van der Waals surface area contributed by atoms with Gasteiger partial charge >= 0.3 is 5.97 Å². The average Bonchev–Trinajstić information content (AvgIpc) is 2.86. The molecule has 3 rings (SSSR count). The molecule has 1 heterocycles. The maximum absolute atomic E-state index is 13.1. The van der Waals surface area contributed by atoms with E-state index in [9.17, 15) is 9.18 Å². The Morgan fingerprint density at radius 3 is 2.54 bits per heavy atom. The van der Waals surface area contributed by atoms with Gasteiger partial charge in [-0.25, -0.2) is 9.37 Å². The molecule has 0 unspecified atom stereocenters. The van der Waals surface area contributed by atoms with E-state index in [-0.39, 0.29) is 12.2 Å². The number of aryl methyl sites for hydroxylation is 1. The maximum Gasteiger partial charge on any atom is 0.307 e. The summed E-state index contributed by atoms with van der Waals surface area (Å²) < 4.78 is 15.2. The van der Waals surface area contributed by atoms with Crippen LogP contribution in [0.5, 0.6) is 0 Å². The van der Waals surface area contributed by atoms with Crippen LogP contribution in [0.1, 0.15) is 30.3 Å². The molecule has 3 aromatic rings. The fraction of sp³-hybridized carbons (Fsp3) is 0.263. The number of imidazole rings is 1. The standard InChI is InChI=1S/C19H19FN2O2/c1-2-9-22-17-8-5-14(12-19(23)24)10-16(17)21-18(22)11-13-3-6-15(20)7-4-13/h3-8,10H,2,9,11-12H2,1H3,(H,23,24). The highest BCUT2D eigenvalue weighted by atomic mass is 19.1. The van der Waals surface area contributed by atoms with E-state index < -0.39 is 5.97 Å². The number of carboxylic acids is 1. The van der Waals surface area contributed by atoms with E-state index in [4.69, 9.17) is 10.1 Å². The summed E-state index contributed by atoms with van der Waals surface area (Å²) in [7, 11) is 0. The van der Waals surface area contributed by atoms with Crippen molar-refractivity contribution in [3.8, 4) is 0 Å². The number of rotatable bonds is 6. The van der Waals surface area contributed by atoms with E-state index in [1.165, 1.54) is 12.1 Å². The van der Waals surface area contributed by atoms with Crippen molar-refractivity contribution in [2.45, 2.75) is 32.7 Å². The zero-order valence-corrected chi connectivity index (χ0v) is 13.5. The lowest BCUT2D eigenvalue weighted by atomic mass is 10.1. The zero-order valence-electron chi connectivity index (χ0n) is 13.5. The molecule has 0 atom stereocenters. The number of aromatic nitrogens is 2. The lowest BCUT2D eigenvalue weighted by Gasteiger charge is -2.08. The van der Waals surface area contributed by atoms with Crippen molar-refractivity contribution in [3.05, 3.63) is 65.2 Å². The van der Waals surface area contributed by atoms with Crippen LogP contribution in [0.15, 0.2) is 42.5 Å². The summed E-state index contributed by atoms with van der Waals surface area (Å²) in [6.45, 7) is 2.94. The monoisotopic (exact) mass is 326 g/mol. The summed E-state index contributed by atoms with van der Waals surface area (Å²) in [4.78, 5) is 15.6. The third kappa shape index (κ3) is 3.45. The van der Waals surface area contributed by atoms with Crippen LogP contribution in [0, 0.1) is 5.82 Å². The van der Waals surface area contributed by atoms with Crippen LogP contribution in [0.2, 0.25) is 0 Å². The largest absolute Gasteiger partial charge is 0.481 e. The summed E-state index contributed by atoms with van der Waals surface area (Å²) in [5.41, 5.74) is 3.54. The zero-order chi connectivity index (χ0) is 17.1. The highest BCUT2D eigenvalue weighted by Gasteiger charge is 2.12. The number of nitrogens with zero attached hydrogens (tertiary/aromatic N) is 2. The molecule has 2 aromatic carbocycles. The molecule has 0 saturated carbocycles. The molecule has 5 heteroatoms. The minimum atomic E-state index is -0.853. The van der Waals surface area contributed by atoms with Crippen LogP contribution in [0.25, 0.3) is 11.0 Å². The average molecular weight is 326 g/mol. The smallest absolute Gasteiger partial charge is 0.307 e. The van der Waals surface area contributed by atoms with Gasteiger partial charge in [-0.3, -0.25) is 4.79 Å². The van der Waals surface area contributed by atoms with E-state index in [0.717, 1.165) is 41.0 Å². The van der Waals surface area contributed by atoms with E-state index in [1.54, 1.807) is 12.1 Å². The highest BCUT2D eigenvalue weighted by Crippen LogP contribution is 2.21. The number of hydrogen-bond donors (Lipinski definition) is 1. The molecular formula is C19H19FN2O2. The lowest BCUT2D eigenvalue weighted by molar-refractivity contribution is -0.136. The van der Waals surface area contributed by atoms with Gasteiger partial charge in [0.15, 0.2) is 0 Å². The molecule has 24 heavy (non-hydrogen) atoms. The minimum absolute atomic E-state index is 0.0100. The van der Waals surface area contributed by atoms with Crippen LogP contribution in [0.3, 0.4) is 0 Å². The summed E-state index contributed by atoms with van der Waals surface area (Å²) >= 11 is 0. The molecule has 0 aliphatic rings. The second-order valence-corrected chi connectivity index (χ2v) is 5.88. The first kappa shape index (κ1) is 16.2. The Morgan fingerprint density at radius 1 is 1.17 bits per heavy atom. The van der Waals surface area contributed by atoms with Crippen molar-refractivity contribution in [1.29, 1.82) is 0 Å². The topological polar surface area (TPSA) is 55.1 Å². The Kier molecular flexibility index (Phi) is 4.60. The van der Waals surface area contributed by atoms with Crippen LogP contribution in [-0.2, 0) is 24.2 Å². The van der Waals surface area contributed by atoms with Crippen LogP contribution < -0.4 is 0 Å². The van der Waals surface area contributed by atoms with Gasteiger partial charge in [0.25, 0.3) is 0 Å². The predicted molar refractivity (Wildman–Crippen MR) is 90.6 cm³/mol. The van der Waals surface area contributed by atoms with Crippen molar-refractivity contribution >= 4 is 17.0 Å². The quantitative estimate of drug-likeness (QED) is 0.749. The summed E-state index contributed by atoms with van der Waals surface area (Å²) in [5.74, 6) is -0.195. The molecule has 0 fully saturated rings. The number of carboxylic acid groups (broad SMARTS) is 1. The van der Waals surface area contributed by atoms with Crippen LogP contribution in [0.4, 0.5) is 4.39 Å². The molecule has 1 N–H and O–H groups in total. The number of halogens is 1. The Balaban J connectivity index is 2.00. The number of carbonyl (C=O) groups is 1. The molecule has 0 aliphatic carbocycles. The van der Waals surface area contributed by atoms with Crippen molar-refractivity contribution in [2.75, 3.05) is 0 Å². The third-order valence-corrected chi connectivity index (χ3v) is 3.97. The van der Waals surface area contributed by atoms with E-state index in [1.807, 2.05) is 18.2 Å². The molecule has 0 amide bonds. The van der Waals surface area contributed by atoms with Crippen molar-refractivity contribution in [3.63, 3.8) is 0 Å². The van der Waals surface area contributed by atoms with Gasteiger partial charge in [0, 0.05) is 13.0 Å². The Hall–Kier alpha value is -2.69. The lowest BCUT2D eigenvalue weighted by Crippen LogP contribution is -2.04. The second kappa shape index (κ2) is 6.83. The maximum atomic E-state index is 13.1. The third-order valence-electron chi connectivity index (χ3n) is 3.97. The van der Waals surface area contributed by atoms with Crippen molar-refractivity contribution < 1.29 is 14.3 Å². The van der Waals surface area contributed by atoms with Gasteiger partial charge < -0.3 is 9.67 Å². The molecular weight excluding hydrogens is 307 g/mol. The van der Waals surface area contributed by atoms with Gasteiger partial charge in [0.1, 0.15) is 11.6 Å². The molecule has 0 bridgehead atoms. The molecule has 4 nitrogen and oxygen atoms in total. The molecule has 0 spiro atoms. The summed E-state index contributed by atoms with van der Waals surface area (Å²) in [6.07, 6.45) is 1.58. The molecule has 0 saturated heterocycles. The second-order valence-electron chi connectivity index (χ2n) is 5.88. The fourth-order valence-corrected chi connectivity index (χ4v) is 2.90. The first-order valence-corrected chi connectivity index (χ1v) is 8.01. The predicted octanol–water partition coefficient (Wildman–Crippen LogP) is 3.80. The van der Waals surface area contributed by atoms with Gasteiger partial charge in [0.05, 0.1) is 17.5 Å². The first-order valence-electron chi connectivity index (χ1n) is 8.01. The molecule has 124 valence electrons. The van der Waals surface area contributed by atoms with E-state index in [0.29, 0.717) is 6.42 Å². The normalized spacial score (nSPS) is 11.1. The Labute approximate surface area is 139 Å². The number of aliphatic carboxylic acids is 1. The van der Waals surface area contributed by atoms with Gasteiger partial charge in [-0.2, -0.15) is 0 Å². The first-order chi connectivity index (χ1) is 11.6. The fourth-order valence-electron chi connectivity index (χ4n) is 2.90. The SMILES string of the molecule is CCCn1c(Cc2ccc(F)cc2)nc2cc(CC(=O)O)ccc21. The van der Waals surface area contributed by atoms with Crippen LogP contribution >= 0.6 is 0 Å². The molecule has 1 aromatic heterocycles.